The average Bonchev–Trinajstić information content (AvgIpc) is 3.42. The first kappa shape index (κ1) is 18.8. The van der Waals surface area contributed by atoms with Gasteiger partial charge in [0, 0.05) is 10.8 Å². The predicted octanol–water partition coefficient (Wildman–Crippen LogP) is 5.60. The summed E-state index contributed by atoms with van der Waals surface area (Å²) >= 11 is 0. The van der Waals surface area contributed by atoms with Gasteiger partial charge in [-0.1, -0.05) is 36.4 Å². The number of rotatable bonds is 3. The first-order chi connectivity index (χ1) is 14.7. The third-order valence-corrected chi connectivity index (χ3v) is 8.20. The number of benzene rings is 4. The van der Waals surface area contributed by atoms with Crippen LogP contribution in [0.1, 0.15) is 0 Å². The summed E-state index contributed by atoms with van der Waals surface area (Å²) in [6.07, 6.45) is 0. The van der Waals surface area contributed by atoms with Crippen LogP contribution in [0.5, 0.6) is 0 Å². The van der Waals surface area contributed by atoms with Crippen LogP contribution in [0.2, 0.25) is 0 Å². The molecule has 0 fully saturated rings. The summed E-state index contributed by atoms with van der Waals surface area (Å²) in [5, 5.41) is 4.79. The topological polar surface area (TPSA) is 57.4 Å². The molecule has 2 N–H and O–H groups in total. The second-order valence-corrected chi connectivity index (χ2v) is 10.5. The zero-order valence-corrected chi connectivity index (χ0v) is 20.1. The van der Waals surface area contributed by atoms with Crippen molar-refractivity contribution in [2.24, 2.45) is 0 Å². The highest BCUT2D eigenvalue weighted by molar-refractivity contribution is 8.06. The molecule has 0 saturated carbocycles. The Balaban J connectivity index is 1.50. The number of imidazole rings is 2. The van der Waals surface area contributed by atoms with Gasteiger partial charge in [-0.15, -0.1) is 17.9 Å². The van der Waals surface area contributed by atoms with Crippen molar-refractivity contribution in [2.45, 2.75) is 0 Å². The zero-order valence-electron chi connectivity index (χ0n) is 15.8. The molecule has 8 heteroatoms. The van der Waals surface area contributed by atoms with Crippen molar-refractivity contribution in [1.82, 2.24) is 19.9 Å². The number of nitrogens with one attached hydrogen (secondary N) is 2. The van der Waals surface area contributed by atoms with Gasteiger partial charge in [0.15, 0.2) is 0 Å². The van der Waals surface area contributed by atoms with Crippen molar-refractivity contribution in [2.75, 3.05) is 0 Å². The van der Waals surface area contributed by atoms with E-state index < -0.39 is 0 Å². The Morgan fingerprint density at radius 1 is 0.600 bits per heavy atom. The maximum absolute atomic E-state index is 4.77. The van der Waals surface area contributed by atoms with E-state index in [9.17, 15) is 0 Å². The van der Waals surface area contributed by atoms with Crippen LogP contribution >= 0.6 is 34.4 Å². The fourth-order valence-corrected chi connectivity index (χ4v) is 5.69. The maximum Gasteiger partial charge on any atom is 0.130 e. The lowest BCUT2D eigenvalue weighted by molar-refractivity contribution is 1.45. The second kappa shape index (κ2) is 7.33. The molecule has 0 aliphatic rings. The molecule has 0 bridgehead atoms. The lowest BCUT2D eigenvalue weighted by Gasteiger charge is -2.07. The maximum atomic E-state index is 4.77. The van der Waals surface area contributed by atoms with Gasteiger partial charge in [-0.05, 0) is 62.7 Å². The van der Waals surface area contributed by atoms with Gasteiger partial charge in [-0.3, -0.25) is 0 Å². The van der Waals surface area contributed by atoms with Gasteiger partial charge in [0.1, 0.15) is 11.1 Å². The average molecular weight is 462 g/mol. The van der Waals surface area contributed by atoms with Crippen molar-refractivity contribution in [3.05, 3.63) is 60.7 Å². The van der Waals surface area contributed by atoms with Gasteiger partial charge >= 0.3 is 0 Å². The fraction of sp³-hybridized carbons (Fsp3) is 0. The summed E-state index contributed by atoms with van der Waals surface area (Å²) in [6.45, 7) is 0. The number of aromatic nitrogens is 4. The molecule has 6 aromatic rings. The minimum atomic E-state index is 0.586. The number of fused-ring (bicyclic) bond motifs is 6. The molecule has 146 valence electrons. The van der Waals surface area contributed by atoms with Crippen LogP contribution in [-0.2, 0) is 0 Å². The standard InChI is InChI=1S/C22H18N4P4/c27-29-21-23-17-7-3-13-9-11(1-5-15(13)19(17)25-21)12-2-6-16-14(10-12)4-8-18-20(16)26-22(24-18)30-28/h1-10,29-30H,27-28H2,(H,23,25)(H,24,26). The summed E-state index contributed by atoms with van der Waals surface area (Å²) < 4.78 is 0. The van der Waals surface area contributed by atoms with Gasteiger partial charge in [0.25, 0.3) is 0 Å². The highest BCUT2D eigenvalue weighted by Crippen LogP contribution is 2.32. The third kappa shape index (κ3) is 2.98. The second-order valence-electron chi connectivity index (χ2n) is 7.25. The van der Waals surface area contributed by atoms with Crippen molar-refractivity contribution in [3.8, 4) is 11.1 Å². The van der Waals surface area contributed by atoms with E-state index in [1.165, 1.54) is 32.7 Å². The summed E-state index contributed by atoms with van der Waals surface area (Å²) in [7, 11) is 6.68. The number of hydrogen-bond donors (Lipinski definition) is 2. The van der Waals surface area contributed by atoms with Crippen molar-refractivity contribution >= 4 is 89.1 Å². The van der Waals surface area contributed by atoms with Crippen LogP contribution in [-0.4, -0.2) is 19.9 Å². The summed E-state index contributed by atoms with van der Waals surface area (Å²) in [4.78, 5) is 16.3. The first-order valence-electron chi connectivity index (χ1n) is 9.52. The fourth-order valence-electron chi connectivity index (χ4n) is 4.10. The number of hydrogen-bond acceptors (Lipinski definition) is 2. The van der Waals surface area contributed by atoms with E-state index in [1.807, 2.05) is 0 Å². The quantitative estimate of drug-likeness (QED) is 0.337. The van der Waals surface area contributed by atoms with Crippen molar-refractivity contribution in [3.63, 3.8) is 0 Å². The molecule has 6 rings (SSSR count). The normalized spacial score (nSPS) is 12.7. The smallest absolute Gasteiger partial charge is 0.130 e. The third-order valence-electron chi connectivity index (χ3n) is 5.54. The Morgan fingerprint density at radius 3 is 1.50 bits per heavy atom. The Bertz CT molecular complexity index is 1470. The SMILES string of the molecule is PPc1nc2c(ccc3cc(-c4ccc5c(ccc6[nH]c(PP)nc65)c4)ccc32)[nH]1. The van der Waals surface area contributed by atoms with Crippen molar-refractivity contribution in [1.29, 1.82) is 0 Å². The Morgan fingerprint density at radius 2 is 1.07 bits per heavy atom. The summed E-state index contributed by atoms with van der Waals surface area (Å²) in [6, 6.07) is 21.9. The lowest BCUT2D eigenvalue weighted by atomic mass is 9.98. The van der Waals surface area contributed by atoms with Gasteiger partial charge in [-0.25, -0.2) is 9.97 Å². The molecular formula is C22H18N4P4. The molecule has 4 atom stereocenters. The van der Waals surface area contributed by atoms with Crippen LogP contribution in [0.25, 0.3) is 54.7 Å². The van der Waals surface area contributed by atoms with Crippen LogP contribution in [0.4, 0.5) is 0 Å². The molecule has 0 amide bonds. The van der Waals surface area contributed by atoms with Crippen LogP contribution in [0.15, 0.2) is 60.7 Å². The van der Waals surface area contributed by atoms with Crippen LogP contribution in [0, 0.1) is 0 Å². The molecule has 2 heterocycles. The molecule has 0 spiro atoms. The summed E-state index contributed by atoms with van der Waals surface area (Å²) in [5.41, 5.74) is 8.76. The van der Waals surface area contributed by atoms with E-state index in [4.69, 9.17) is 9.97 Å². The highest BCUT2D eigenvalue weighted by atomic mass is 32.0. The highest BCUT2D eigenvalue weighted by Gasteiger charge is 2.10. The minimum absolute atomic E-state index is 0.586. The molecule has 0 radical (unpaired) electrons. The molecule has 4 unspecified atom stereocenters. The zero-order chi connectivity index (χ0) is 20.2. The Kier molecular flexibility index (Phi) is 4.60. The Hall–Kier alpha value is -1.94. The van der Waals surface area contributed by atoms with Gasteiger partial charge in [0.2, 0.25) is 0 Å². The molecule has 0 aliphatic carbocycles. The number of nitrogens with zero attached hydrogens (tertiary/aromatic N) is 2. The van der Waals surface area contributed by atoms with E-state index in [0.717, 1.165) is 33.2 Å². The van der Waals surface area contributed by atoms with E-state index in [2.05, 4.69) is 88.5 Å². The predicted molar refractivity (Wildman–Crippen MR) is 142 cm³/mol. The molecule has 0 aliphatic heterocycles. The Labute approximate surface area is 180 Å². The monoisotopic (exact) mass is 462 g/mol. The van der Waals surface area contributed by atoms with E-state index in [1.54, 1.807) is 0 Å². The van der Waals surface area contributed by atoms with E-state index in [0.29, 0.717) is 16.5 Å². The van der Waals surface area contributed by atoms with Crippen LogP contribution < -0.4 is 11.1 Å². The van der Waals surface area contributed by atoms with Crippen molar-refractivity contribution < 1.29 is 0 Å². The van der Waals surface area contributed by atoms with E-state index in [-0.39, 0.29) is 0 Å². The minimum Gasteiger partial charge on any atom is -0.338 e. The molecule has 0 saturated heterocycles. The first-order valence-corrected chi connectivity index (χ1v) is 15.1. The van der Waals surface area contributed by atoms with Crippen LogP contribution in [0.3, 0.4) is 0 Å². The molecular weight excluding hydrogens is 444 g/mol. The lowest BCUT2D eigenvalue weighted by Crippen LogP contribution is -1.94. The largest absolute Gasteiger partial charge is 0.338 e. The molecule has 2 aromatic heterocycles. The van der Waals surface area contributed by atoms with Gasteiger partial charge < -0.3 is 9.97 Å². The van der Waals surface area contributed by atoms with E-state index >= 15 is 0 Å². The van der Waals surface area contributed by atoms with Gasteiger partial charge in [-0.2, -0.15) is 0 Å². The number of aromatic amines is 2. The molecule has 4 nitrogen and oxygen atoms in total. The molecule has 30 heavy (non-hydrogen) atoms. The summed E-state index contributed by atoms with van der Waals surface area (Å²) in [5.74, 6) is 0. The van der Waals surface area contributed by atoms with Gasteiger partial charge in [0.05, 0.1) is 22.1 Å². The molecule has 4 aromatic carbocycles. The number of H-pyrrole nitrogens is 2.